The second kappa shape index (κ2) is 5.41. The minimum Gasteiger partial charge on any atom is -0.337 e. The van der Waals surface area contributed by atoms with Crippen LogP contribution in [0.5, 0.6) is 0 Å². The van der Waals surface area contributed by atoms with Crippen LogP contribution in [0.2, 0.25) is 0 Å². The summed E-state index contributed by atoms with van der Waals surface area (Å²) >= 11 is 0. The summed E-state index contributed by atoms with van der Waals surface area (Å²) < 4.78 is 0. The van der Waals surface area contributed by atoms with E-state index < -0.39 is 11.8 Å². The highest BCUT2D eigenvalue weighted by Gasteiger charge is 2.60. The highest BCUT2D eigenvalue weighted by molar-refractivity contribution is 6.08. The van der Waals surface area contributed by atoms with E-state index in [-0.39, 0.29) is 29.7 Å². The van der Waals surface area contributed by atoms with E-state index in [4.69, 9.17) is 0 Å². The Balaban J connectivity index is 1.80. The zero-order valence-corrected chi connectivity index (χ0v) is 14.3. The number of carbonyl (C=O) groups is 3. The van der Waals surface area contributed by atoms with Gasteiger partial charge in [-0.2, -0.15) is 0 Å². The van der Waals surface area contributed by atoms with Crippen LogP contribution in [0.1, 0.15) is 12.0 Å². The summed E-state index contributed by atoms with van der Waals surface area (Å²) in [5.74, 6) is -1.49. The molecule has 1 aliphatic carbocycles. The van der Waals surface area contributed by atoms with E-state index in [1.165, 1.54) is 11.9 Å². The molecular weight excluding hydrogens is 316 g/mol. The van der Waals surface area contributed by atoms with Gasteiger partial charge in [-0.3, -0.25) is 19.3 Å². The first kappa shape index (κ1) is 15.8. The summed E-state index contributed by atoms with van der Waals surface area (Å²) in [6.45, 7) is 4.16. The third-order valence-electron chi connectivity index (χ3n) is 5.80. The number of fused-ring (bicyclic) bond motifs is 3. The van der Waals surface area contributed by atoms with Crippen LogP contribution in [0.4, 0.5) is 0 Å². The molecule has 25 heavy (non-hydrogen) atoms. The Hall–Kier alpha value is -2.69. The first-order chi connectivity index (χ1) is 11.9. The molecule has 4 rings (SSSR count). The Kier molecular flexibility index (Phi) is 3.42. The lowest BCUT2D eigenvalue weighted by Crippen LogP contribution is -2.47. The van der Waals surface area contributed by atoms with E-state index in [2.05, 4.69) is 6.58 Å². The molecule has 4 atom stereocenters. The molecule has 3 amide bonds. The second-order valence-corrected chi connectivity index (χ2v) is 7.12. The largest absolute Gasteiger partial charge is 0.337 e. The Morgan fingerprint density at radius 2 is 1.76 bits per heavy atom. The fourth-order valence-corrected chi connectivity index (χ4v) is 4.58. The first-order valence-corrected chi connectivity index (χ1v) is 8.44. The summed E-state index contributed by atoms with van der Waals surface area (Å²) in [6, 6.07) is 9.34. The van der Waals surface area contributed by atoms with E-state index in [0.29, 0.717) is 12.0 Å². The minimum atomic E-state index is -0.469. The summed E-state index contributed by atoms with van der Waals surface area (Å²) in [4.78, 5) is 40.8. The molecule has 1 saturated carbocycles. The highest BCUT2D eigenvalue weighted by atomic mass is 16.2. The number of carbonyl (C=O) groups excluding carboxylic acids is 3. The number of likely N-dealkylation sites (N-methyl/N-ethyl adjacent to an activating group) is 1. The summed E-state index contributed by atoms with van der Waals surface area (Å²) in [5, 5.41) is 0. The van der Waals surface area contributed by atoms with E-state index in [0.717, 1.165) is 11.1 Å². The zero-order valence-electron chi connectivity index (χ0n) is 14.3. The maximum Gasteiger partial charge on any atom is 0.250 e. The zero-order chi connectivity index (χ0) is 17.9. The molecule has 2 aliphatic heterocycles. The smallest absolute Gasteiger partial charge is 0.250 e. The highest BCUT2D eigenvalue weighted by Crippen LogP contribution is 2.50. The molecule has 128 valence electrons. The normalized spacial score (nSPS) is 33.3. The quantitative estimate of drug-likeness (QED) is 0.446. The Labute approximate surface area is 146 Å². The lowest BCUT2D eigenvalue weighted by atomic mass is 9.68. The van der Waals surface area contributed by atoms with Crippen molar-refractivity contribution in [3.63, 3.8) is 0 Å². The Morgan fingerprint density at radius 3 is 2.44 bits per heavy atom. The average Bonchev–Trinajstić information content (AvgIpc) is 2.97. The minimum absolute atomic E-state index is 0.0875. The number of amides is 3. The van der Waals surface area contributed by atoms with Gasteiger partial charge in [0.15, 0.2) is 0 Å². The predicted molar refractivity (Wildman–Crippen MR) is 93.0 cm³/mol. The third kappa shape index (κ3) is 2.11. The summed E-state index contributed by atoms with van der Waals surface area (Å²) in [6.07, 6.45) is 2.36. The van der Waals surface area contributed by atoms with Crippen molar-refractivity contribution in [3.05, 3.63) is 53.6 Å². The Morgan fingerprint density at radius 1 is 1.08 bits per heavy atom. The molecule has 0 unspecified atom stereocenters. The molecule has 0 N–H and O–H groups in total. The van der Waals surface area contributed by atoms with Gasteiger partial charge < -0.3 is 4.90 Å². The molecule has 0 radical (unpaired) electrons. The number of nitrogens with zero attached hydrogens (tertiary/aromatic N) is 2. The van der Waals surface area contributed by atoms with Gasteiger partial charge in [0.2, 0.25) is 11.8 Å². The lowest BCUT2D eigenvalue weighted by molar-refractivity contribution is -0.138. The van der Waals surface area contributed by atoms with Crippen LogP contribution in [0.15, 0.2) is 48.1 Å². The molecule has 1 aromatic carbocycles. The number of hydrogen-bond acceptors (Lipinski definition) is 3. The molecule has 3 fully saturated rings. The monoisotopic (exact) mass is 336 g/mol. The second-order valence-electron chi connectivity index (χ2n) is 7.12. The van der Waals surface area contributed by atoms with Gasteiger partial charge in [0.25, 0.3) is 5.91 Å². The van der Waals surface area contributed by atoms with Gasteiger partial charge in [0.1, 0.15) is 0 Å². The predicted octanol–water partition coefficient (Wildman–Crippen LogP) is 1.72. The van der Waals surface area contributed by atoms with Crippen LogP contribution >= 0.6 is 0 Å². The third-order valence-corrected chi connectivity index (χ3v) is 5.80. The van der Waals surface area contributed by atoms with Crippen molar-refractivity contribution < 1.29 is 14.4 Å². The fraction of sp³-hybridized carbons (Fsp3) is 0.350. The fourth-order valence-electron chi connectivity index (χ4n) is 4.58. The first-order valence-electron chi connectivity index (χ1n) is 8.44. The van der Waals surface area contributed by atoms with Crippen molar-refractivity contribution in [2.45, 2.75) is 12.5 Å². The molecule has 2 heterocycles. The van der Waals surface area contributed by atoms with E-state index >= 15 is 0 Å². The van der Waals surface area contributed by atoms with E-state index in [9.17, 15) is 14.4 Å². The number of hydrogen-bond donors (Lipinski definition) is 0. The number of benzene rings is 1. The maximum absolute atomic E-state index is 12.9. The molecule has 0 bridgehead atoms. The molecule has 1 aromatic rings. The number of imide groups is 1. The summed E-state index contributed by atoms with van der Waals surface area (Å²) in [5.41, 5.74) is 2.47. The molecular formula is C20H20N2O3. The lowest BCUT2D eigenvalue weighted by Gasteiger charge is -2.37. The maximum atomic E-state index is 12.9. The molecule has 0 aromatic heterocycles. The van der Waals surface area contributed by atoms with Crippen molar-refractivity contribution in [1.82, 2.24) is 9.80 Å². The summed E-state index contributed by atoms with van der Waals surface area (Å²) in [7, 11) is 3.25. The van der Waals surface area contributed by atoms with Crippen molar-refractivity contribution in [1.29, 1.82) is 0 Å². The number of rotatable bonds is 1. The molecule has 3 aliphatic rings. The van der Waals surface area contributed by atoms with Crippen molar-refractivity contribution >= 4 is 23.8 Å². The SMILES string of the molecule is C=C1C[C@@H]2C(=O)N(C)C(=O)[C@@H]2[C@H]2[C@@H]1/C(=C/c1ccccc1)C(=O)N2C. The molecule has 2 saturated heterocycles. The topological polar surface area (TPSA) is 57.7 Å². The Bertz CT molecular complexity index is 827. The standard InChI is InChI=1S/C20H20N2O3/c1-11-9-13-16(20(25)22(3)19(13)24)17-15(11)14(18(23)21(17)2)10-12-7-5-4-6-8-12/h4-8,10,13,15-17H,1,9H2,2-3H3/b14-10-/t13-,15-,16-,17+/m0/s1. The van der Waals surface area contributed by atoms with Crippen LogP contribution in [0, 0.1) is 17.8 Å². The van der Waals surface area contributed by atoms with Gasteiger partial charge in [0.05, 0.1) is 17.9 Å². The van der Waals surface area contributed by atoms with Crippen LogP contribution in [0.25, 0.3) is 6.08 Å². The van der Waals surface area contributed by atoms with Gasteiger partial charge in [-0.25, -0.2) is 0 Å². The van der Waals surface area contributed by atoms with Crippen LogP contribution < -0.4 is 0 Å². The van der Waals surface area contributed by atoms with Gasteiger partial charge >= 0.3 is 0 Å². The number of likely N-dealkylation sites (tertiary alicyclic amines) is 2. The van der Waals surface area contributed by atoms with E-state index in [1.807, 2.05) is 36.4 Å². The molecule has 5 nitrogen and oxygen atoms in total. The molecule has 5 heteroatoms. The van der Waals surface area contributed by atoms with Crippen LogP contribution in [-0.2, 0) is 14.4 Å². The molecule has 0 spiro atoms. The van der Waals surface area contributed by atoms with Gasteiger partial charge in [-0.05, 0) is 18.1 Å². The van der Waals surface area contributed by atoms with Crippen LogP contribution in [-0.4, -0.2) is 47.7 Å². The van der Waals surface area contributed by atoms with Crippen molar-refractivity contribution in [2.75, 3.05) is 14.1 Å². The van der Waals surface area contributed by atoms with Gasteiger partial charge in [0, 0.05) is 25.6 Å². The van der Waals surface area contributed by atoms with Crippen molar-refractivity contribution in [2.24, 2.45) is 17.8 Å². The van der Waals surface area contributed by atoms with Crippen LogP contribution in [0.3, 0.4) is 0 Å². The van der Waals surface area contributed by atoms with Gasteiger partial charge in [-0.15, -0.1) is 0 Å². The van der Waals surface area contributed by atoms with Crippen molar-refractivity contribution in [3.8, 4) is 0 Å². The van der Waals surface area contributed by atoms with E-state index in [1.54, 1.807) is 11.9 Å². The average molecular weight is 336 g/mol. The van der Waals surface area contributed by atoms with Gasteiger partial charge in [-0.1, -0.05) is 42.5 Å².